The van der Waals surface area contributed by atoms with Gasteiger partial charge in [-0.05, 0) is 31.0 Å². The van der Waals surface area contributed by atoms with Crippen molar-refractivity contribution >= 4 is 37.3 Å². The van der Waals surface area contributed by atoms with Crippen LogP contribution in [-0.2, 0) is 20.0 Å². The molecule has 0 aliphatic heterocycles. The second kappa shape index (κ2) is 6.08. The lowest BCUT2D eigenvalue weighted by molar-refractivity contribution is 0.595. The van der Waals surface area contributed by atoms with E-state index in [9.17, 15) is 16.8 Å². The highest BCUT2D eigenvalue weighted by molar-refractivity contribution is 7.92. The van der Waals surface area contributed by atoms with E-state index in [4.69, 9.17) is 16.7 Å². The average Bonchev–Trinajstić information content (AvgIpc) is 2.27. The lowest BCUT2D eigenvalue weighted by Crippen LogP contribution is -2.19. The number of rotatable bonds is 6. The number of nitrogens with two attached hydrogens (primary N) is 1. The average molecular weight is 327 g/mol. The van der Waals surface area contributed by atoms with Crippen LogP contribution in [0.25, 0.3) is 0 Å². The third-order valence-electron chi connectivity index (χ3n) is 2.40. The van der Waals surface area contributed by atoms with Gasteiger partial charge in [0, 0.05) is 5.88 Å². The van der Waals surface area contributed by atoms with Crippen LogP contribution in [0, 0.1) is 6.92 Å². The summed E-state index contributed by atoms with van der Waals surface area (Å²) in [7, 11) is -7.44. The van der Waals surface area contributed by atoms with Crippen LogP contribution in [0.3, 0.4) is 0 Å². The molecule has 1 aromatic carbocycles. The summed E-state index contributed by atoms with van der Waals surface area (Å²) in [4.78, 5) is -0.106. The molecule has 0 saturated carbocycles. The number of hydrogen-bond acceptors (Lipinski definition) is 4. The van der Waals surface area contributed by atoms with Crippen molar-refractivity contribution in [3.05, 3.63) is 23.8 Å². The molecule has 1 rings (SSSR count). The second-order valence-corrected chi connectivity index (χ2v) is 7.69. The van der Waals surface area contributed by atoms with Crippen LogP contribution in [0.4, 0.5) is 5.69 Å². The predicted molar refractivity (Wildman–Crippen MR) is 75.3 cm³/mol. The van der Waals surface area contributed by atoms with Crippen molar-refractivity contribution in [1.82, 2.24) is 0 Å². The Kier molecular flexibility index (Phi) is 5.19. The summed E-state index contributed by atoms with van der Waals surface area (Å²) < 4.78 is 48.4. The molecule has 0 spiro atoms. The summed E-state index contributed by atoms with van der Waals surface area (Å²) in [6, 6.07) is 4.22. The predicted octanol–water partition coefficient (Wildman–Crippen LogP) is 1.01. The number of primary sulfonamides is 1. The normalized spacial score (nSPS) is 12.4. The maximum Gasteiger partial charge on any atom is 0.238 e. The summed E-state index contributed by atoms with van der Waals surface area (Å²) in [6.45, 7) is 1.49. The minimum Gasteiger partial charge on any atom is -0.283 e. The molecule has 0 atom stereocenters. The molecule has 0 aromatic heterocycles. The maximum absolute atomic E-state index is 11.7. The standard InChI is InChI=1S/C10H15ClN2O4S2/c1-8-9(13-18(14,15)7-3-6-11)4-2-5-10(8)19(12,16)17/h2,4-5,13H,3,6-7H2,1H3,(H2,12,16,17). The summed E-state index contributed by atoms with van der Waals surface area (Å²) in [5.41, 5.74) is 0.459. The number of halogens is 1. The van der Waals surface area contributed by atoms with Crippen molar-refractivity contribution in [2.24, 2.45) is 5.14 Å². The molecule has 0 aliphatic carbocycles. The van der Waals surface area contributed by atoms with Gasteiger partial charge < -0.3 is 0 Å². The molecule has 9 heteroatoms. The van der Waals surface area contributed by atoms with Crippen molar-refractivity contribution in [1.29, 1.82) is 0 Å². The molecule has 0 bridgehead atoms. The number of anilines is 1. The van der Waals surface area contributed by atoms with E-state index in [-0.39, 0.29) is 27.8 Å². The Morgan fingerprint density at radius 2 is 1.89 bits per heavy atom. The first-order chi connectivity index (χ1) is 8.67. The third kappa shape index (κ3) is 4.64. The van der Waals surface area contributed by atoms with Gasteiger partial charge in [0.15, 0.2) is 0 Å². The zero-order chi connectivity index (χ0) is 14.7. The highest BCUT2D eigenvalue weighted by Gasteiger charge is 2.17. The molecule has 0 amide bonds. The zero-order valence-electron chi connectivity index (χ0n) is 10.3. The fraction of sp³-hybridized carbons (Fsp3) is 0.400. The van der Waals surface area contributed by atoms with E-state index in [0.717, 1.165) is 0 Å². The topological polar surface area (TPSA) is 106 Å². The SMILES string of the molecule is Cc1c(NS(=O)(=O)CCCCl)cccc1S(N)(=O)=O. The zero-order valence-corrected chi connectivity index (χ0v) is 12.6. The largest absolute Gasteiger partial charge is 0.283 e. The Balaban J connectivity index is 3.11. The van der Waals surface area contributed by atoms with Crippen molar-refractivity contribution in [3.8, 4) is 0 Å². The lowest BCUT2D eigenvalue weighted by Gasteiger charge is -2.12. The van der Waals surface area contributed by atoms with E-state index >= 15 is 0 Å². The molecular weight excluding hydrogens is 312 g/mol. The second-order valence-electron chi connectivity index (χ2n) is 3.94. The highest BCUT2D eigenvalue weighted by atomic mass is 35.5. The van der Waals surface area contributed by atoms with Gasteiger partial charge >= 0.3 is 0 Å². The molecule has 0 fully saturated rings. The van der Waals surface area contributed by atoms with E-state index in [1.807, 2.05) is 0 Å². The molecule has 6 nitrogen and oxygen atoms in total. The minimum atomic E-state index is -3.88. The van der Waals surface area contributed by atoms with E-state index < -0.39 is 20.0 Å². The van der Waals surface area contributed by atoms with E-state index in [2.05, 4.69) is 4.72 Å². The minimum absolute atomic E-state index is 0.106. The van der Waals surface area contributed by atoms with Crippen LogP contribution in [0.5, 0.6) is 0 Å². The van der Waals surface area contributed by atoms with Crippen LogP contribution in [0.15, 0.2) is 23.1 Å². The van der Waals surface area contributed by atoms with Crippen molar-refractivity contribution in [2.75, 3.05) is 16.4 Å². The number of nitrogens with one attached hydrogen (secondary N) is 1. The van der Waals surface area contributed by atoms with Crippen LogP contribution in [-0.4, -0.2) is 28.5 Å². The summed E-state index contributed by atoms with van der Waals surface area (Å²) >= 11 is 5.44. The van der Waals surface area contributed by atoms with Crippen LogP contribution in [0.1, 0.15) is 12.0 Å². The summed E-state index contributed by atoms with van der Waals surface area (Å²) in [6.07, 6.45) is 0.310. The molecule has 3 N–H and O–H groups in total. The molecule has 0 saturated heterocycles. The van der Waals surface area contributed by atoms with Crippen molar-refractivity contribution < 1.29 is 16.8 Å². The van der Waals surface area contributed by atoms with Crippen molar-refractivity contribution in [3.63, 3.8) is 0 Å². The van der Waals surface area contributed by atoms with Gasteiger partial charge in [0.2, 0.25) is 20.0 Å². The molecule has 19 heavy (non-hydrogen) atoms. The van der Waals surface area contributed by atoms with Gasteiger partial charge in [0.1, 0.15) is 0 Å². The number of benzene rings is 1. The van der Waals surface area contributed by atoms with Crippen LogP contribution < -0.4 is 9.86 Å². The van der Waals surface area contributed by atoms with Gasteiger partial charge in [0.25, 0.3) is 0 Å². The Hall–Kier alpha value is -0.830. The number of alkyl halides is 1. The molecule has 0 aliphatic rings. The van der Waals surface area contributed by atoms with Crippen LogP contribution >= 0.6 is 11.6 Å². The number of hydrogen-bond donors (Lipinski definition) is 2. The first-order valence-electron chi connectivity index (χ1n) is 5.36. The maximum atomic E-state index is 11.7. The van der Waals surface area contributed by atoms with Crippen molar-refractivity contribution in [2.45, 2.75) is 18.2 Å². The molecule has 0 radical (unpaired) electrons. The van der Waals surface area contributed by atoms with Gasteiger partial charge in [0.05, 0.1) is 16.3 Å². The van der Waals surface area contributed by atoms with Gasteiger partial charge in [-0.2, -0.15) is 0 Å². The van der Waals surface area contributed by atoms with E-state index in [0.29, 0.717) is 6.42 Å². The Bertz CT molecular complexity index is 656. The molecule has 0 heterocycles. The molecule has 1 aromatic rings. The van der Waals surface area contributed by atoms with E-state index in [1.54, 1.807) is 0 Å². The fourth-order valence-corrected chi connectivity index (χ4v) is 3.78. The highest BCUT2D eigenvalue weighted by Crippen LogP contribution is 2.23. The molecular formula is C10H15ClN2O4S2. The monoisotopic (exact) mass is 326 g/mol. The quantitative estimate of drug-likeness (QED) is 0.761. The van der Waals surface area contributed by atoms with Gasteiger partial charge in [-0.3, -0.25) is 4.72 Å². The Labute approximate surface area is 118 Å². The van der Waals surface area contributed by atoms with Gasteiger partial charge in [-0.15, -0.1) is 11.6 Å². The first kappa shape index (κ1) is 16.2. The van der Waals surface area contributed by atoms with Gasteiger partial charge in [-0.25, -0.2) is 22.0 Å². The summed E-state index contributed by atoms with van der Waals surface area (Å²) in [5.74, 6) is 0.104. The fourth-order valence-electron chi connectivity index (χ4n) is 1.50. The van der Waals surface area contributed by atoms with Gasteiger partial charge in [-0.1, -0.05) is 6.07 Å². The summed E-state index contributed by atoms with van der Waals surface area (Å²) in [5, 5.41) is 5.05. The Morgan fingerprint density at radius 1 is 1.26 bits per heavy atom. The molecule has 108 valence electrons. The Morgan fingerprint density at radius 3 is 2.42 bits per heavy atom. The smallest absolute Gasteiger partial charge is 0.238 e. The third-order valence-corrected chi connectivity index (χ3v) is 5.08. The van der Waals surface area contributed by atoms with E-state index in [1.165, 1.54) is 25.1 Å². The lowest BCUT2D eigenvalue weighted by atomic mass is 10.2. The number of sulfonamides is 2. The molecule has 0 unspecified atom stereocenters. The first-order valence-corrected chi connectivity index (χ1v) is 9.09. The van der Waals surface area contributed by atoms with Crippen LogP contribution in [0.2, 0.25) is 0 Å².